The van der Waals surface area contributed by atoms with Gasteiger partial charge in [-0.3, -0.25) is 4.79 Å². The van der Waals surface area contributed by atoms with E-state index in [0.29, 0.717) is 31.2 Å². The fourth-order valence-electron chi connectivity index (χ4n) is 2.42. The van der Waals surface area contributed by atoms with Crippen LogP contribution in [0.1, 0.15) is 22.6 Å². The Labute approximate surface area is 149 Å². The zero-order valence-corrected chi connectivity index (χ0v) is 15.5. The van der Waals surface area contributed by atoms with E-state index in [9.17, 15) is 4.79 Å². The van der Waals surface area contributed by atoms with Gasteiger partial charge in [-0.25, -0.2) is 4.98 Å². The van der Waals surface area contributed by atoms with Gasteiger partial charge in [-0.15, -0.1) is 35.1 Å². The Kier molecular flexibility index (Phi) is 5.80. The molecule has 3 N–H and O–H groups in total. The van der Waals surface area contributed by atoms with Gasteiger partial charge in [0.25, 0.3) is 0 Å². The van der Waals surface area contributed by atoms with Crippen LogP contribution in [0.15, 0.2) is 12.1 Å². The van der Waals surface area contributed by atoms with E-state index in [1.165, 1.54) is 16.2 Å². The van der Waals surface area contributed by atoms with Gasteiger partial charge in [0.1, 0.15) is 5.54 Å². The van der Waals surface area contributed by atoms with Crippen molar-refractivity contribution >= 4 is 46.1 Å². The number of aryl methyl sites for hydroxylation is 2. The van der Waals surface area contributed by atoms with Gasteiger partial charge in [0.05, 0.1) is 10.6 Å². The molecule has 3 heterocycles. The number of halogens is 1. The molecule has 1 aliphatic rings. The SMILES string of the molecule is Cc1ccc(-c2nc(NC(=O)C3(N)CCOCC3)sc2C)s1.Cl. The molecule has 0 spiro atoms. The van der Waals surface area contributed by atoms with E-state index in [4.69, 9.17) is 10.5 Å². The van der Waals surface area contributed by atoms with Crippen molar-refractivity contribution in [2.45, 2.75) is 32.2 Å². The maximum absolute atomic E-state index is 12.4. The third kappa shape index (κ3) is 3.92. The van der Waals surface area contributed by atoms with Gasteiger partial charge in [0, 0.05) is 23.0 Å². The van der Waals surface area contributed by atoms with Crippen LogP contribution in [-0.2, 0) is 9.53 Å². The van der Waals surface area contributed by atoms with Crippen molar-refractivity contribution < 1.29 is 9.53 Å². The summed E-state index contributed by atoms with van der Waals surface area (Å²) in [6.45, 7) is 5.15. The van der Waals surface area contributed by atoms with Crippen molar-refractivity contribution in [3.63, 3.8) is 0 Å². The average Bonchev–Trinajstić information content (AvgIpc) is 3.05. The van der Waals surface area contributed by atoms with Crippen molar-refractivity contribution in [3.05, 3.63) is 21.9 Å². The summed E-state index contributed by atoms with van der Waals surface area (Å²) >= 11 is 3.19. The van der Waals surface area contributed by atoms with Crippen LogP contribution in [0.2, 0.25) is 0 Å². The molecule has 1 saturated heterocycles. The molecule has 3 rings (SSSR count). The van der Waals surface area contributed by atoms with Crippen LogP contribution >= 0.6 is 35.1 Å². The molecule has 8 heteroatoms. The highest BCUT2D eigenvalue weighted by Gasteiger charge is 2.36. The third-order valence-electron chi connectivity index (χ3n) is 3.83. The number of aromatic nitrogens is 1. The van der Waals surface area contributed by atoms with E-state index < -0.39 is 5.54 Å². The highest BCUT2D eigenvalue weighted by Crippen LogP contribution is 2.34. The Morgan fingerprint density at radius 2 is 2.00 bits per heavy atom. The van der Waals surface area contributed by atoms with E-state index >= 15 is 0 Å². The van der Waals surface area contributed by atoms with E-state index in [-0.39, 0.29) is 18.3 Å². The molecule has 0 unspecified atom stereocenters. The third-order valence-corrected chi connectivity index (χ3v) is 5.72. The van der Waals surface area contributed by atoms with Crippen LogP contribution in [0.5, 0.6) is 0 Å². The summed E-state index contributed by atoms with van der Waals surface area (Å²) in [5.74, 6) is -0.168. The molecule has 23 heavy (non-hydrogen) atoms. The minimum atomic E-state index is -0.850. The minimum absolute atomic E-state index is 0. The predicted octanol–water partition coefficient (Wildman–Crippen LogP) is 3.36. The van der Waals surface area contributed by atoms with E-state index in [0.717, 1.165) is 15.4 Å². The molecule has 0 atom stereocenters. The molecule has 0 radical (unpaired) electrons. The van der Waals surface area contributed by atoms with Crippen LogP contribution in [0, 0.1) is 13.8 Å². The summed E-state index contributed by atoms with van der Waals surface area (Å²) in [7, 11) is 0. The van der Waals surface area contributed by atoms with Gasteiger partial charge in [0.15, 0.2) is 5.13 Å². The quantitative estimate of drug-likeness (QED) is 0.864. The molecule has 0 saturated carbocycles. The average molecular weight is 374 g/mol. The molecule has 1 fully saturated rings. The highest BCUT2D eigenvalue weighted by molar-refractivity contribution is 7.18. The molecular weight excluding hydrogens is 354 g/mol. The summed E-state index contributed by atoms with van der Waals surface area (Å²) < 4.78 is 5.28. The molecule has 5 nitrogen and oxygen atoms in total. The number of amides is 1. The summed E-state index contributed by atoms with van der Waals surface area (Å²) in [5, 5.41) is 3.49. The second-order valence-corrected chi connectivity index (χ2v) is 8.05. The Hall–Kier alpha value is -0.990. The van der Waals surface area contributed by atoms with E-state index in [1.54, 1.807) is 11.3 Å². The molecule has 2 aromatic rings. The largest absolute Gasteiger partial charge is 0.381 e. The lowest BCUT2D eigenvalue weighted by atomic mass is 9.90. The number of ether oxygens (including phenoxy) is 1. The maximum Gasteiger partial charge on any atom is 0.246 e. The van der Waals surface area contributed by atoms with Crippen LogP contribution in [0.25, 0.3) is 10.6 Å². The first-order valence-corrected chi connectivity index (χ1v) is 8.83. The number of thiazole rings is 1. The number of anilines is 1. The van der Waals surface area contributed by atoms with Crippen molar-refractivity contribution in [2.75, 3.05) is 18.5 Å². The van der Waals surface area contributed by atoms with Crippen molar-refractivity contribution in [1.82, 2.24) is 4.98 Å². The maximum atomic E-state index is 12.4. The lowest BCUT2D eigenvalue weighted by Crippen LogP contribution is -2.54. The predicted molar refractivity (Wildman–Crippen MR) is 97.8 cm³/mol. The standard InChI is InChI=1S/C15H19N3O2S2.ClH/c1-9-3-4-11(21-9)12-10(2)22-14(17-12)18-13(19)15(16)5-7-20-8-6-15;/h3-4H,5-8,16H2,1-2H3,(H,17,18,19);1H. The summed E-state index contributed by atoms with van der Waals surface area (Å²) in [4.78, 5) is 20.5. The number of carbonyl (C=O) groups is 1. The summed E-state index contributed by atoms with van der Waals surface area (Å²) in [5.41, 5.74) is 6.29. The molecule has 0 aliphatic carbocycles. The number of hydrogen-bond donors (Lipinski definition) is 2. The normalized spacial score (nSPS) is 16.7. The van der Waals surface area contributed by atoms with Crippen LogP contribution in [0.3, 0.4) is 0 Å². The van der Waals surface area contributed by atoms with Crippen molar-refractivity contribution in [2.24, 2.45) is 5.73 Å². The van der Waals surface area contributed by atoms with Crippen molar-refractivity contribution in [3.8, 4) is 10.6 Å². The Bertz CT molecular complexity index is 693. The molecule has 1 aliphatic heterocycles. The molecule has 1 amide bonds. The Balaban J connectivity index is 0.00000192. The minimum Gasteiger partial charge on any atom is -0.381 e. The van der Waals surface area contributed by atoms with E-state index in [1.807, 2.05) is 6.92 Å². The Morgan fingerprint density at radius 3 is 2.61 bits per heavy atom. The number of nitrogens with two attached hydrogens (primary N) is 1. The monoisotopic (exact) mass is 373 g/mol. The second kappa shape index (κ2) is 7.27. The topological polar surface area (TPSA) is 77.2 Å². The Morgan fingerprint density at radius 1 is 1.30 bits per heavy atom. The molecular formula is C15H20ClN3O2S2. The number of nitrogens with one attached hydrogen (secondary N) is 1. The van der Waals surface area contributed by atoms with Gasteiger partial charge in [-0.2, -0.15) is 0 Å². The fourth-order valence-corrected chi connectivity index (χ4v) is 4.23. The summed E-state index contributed by atoms with van der Waals surface area (Å²) in [6, 6.07) is 4.14. The zero-order valence-electron chi connectivity index (χ0n) is 13.0. The number of nitrogens with zero attached hydrogens (tertiary/aromatic N) is 1. The highest BCUT2D eigenvalue weighted by atomic mass is 35.5. The van der Waals surface area contributed by atoms with Crippen LogP contribution in [0.4, 0.5) is 5.13 Å². The van der Waals surface area contributed by atoms with E-state index in [2.05, 4.69) is 29.4 Å². The summed E-state index contributed by atoms with van der Waals surface area (Å²) in [6.07, 6.45) is 1.08. The van der Waals surface area contributed by atoms with Crippen molar-refractivity contribution in [1.29, 1.82) is 0 Å². The zero-order chi connectivity index (χ0) is 15.7. The van der Waals surface area contributed by atoms with Gasteiger partial charge in [-0.05, 0) is 38.8 Å². The molecule has 2 aromatic heterocycles. The van der Waals surface area contributed by atoms with Crippen LogP contribution < -0.4 is 11.1 Å². The fraction of sp³-hybridized carbons (Fsp3) is 0.467. The molecule has 0 bridgehead atoms. The lowest BCUT2D eigenvalue weighted by molar-refractivity contribution is -0.124. The number of carbonyl (C=O) groups excluding carboxylic acids is 1. The number of rotatable bonds is 3. The lowest BCUT2D eigenvalue weighted by Gasteiger charge is -2.31. The first-order valence-electron chi connectivity index (χ1n) is 7.20. The second-order valence-electron chi connectivity index (χ2n) is 5.56. The number of thiophene rings is 1. The number of hydrogen-bond acceptors (Lipinski definition) is 6. The van der Waals surface area contributed by atoms with Gasteiger partial charge >= 0.3 is 0 Å². The van der Waals surface area contributed by atoms with Gasteiger partial charge < -0.3 is 15.8 Å². The van der Waals surface area contributed by atoms with Crippen LogP contribution in [-0.4, -0.2) is 29.6 Å². The van der Waals surface area contributed by atoms with Gasteiger partial charge in [-0.1, -0.05) is 0 Å². The smallest absolute Gasteiger partial charge is 0.246 e. The molecule has 126 valence electrons. The first-order chi connectivity index (χ1) is 10.5. The first kappa shape index (κ1) is 18.4. The molecule has 0 aromatic carbocycles. The van der Waals surface area contributed by atoms with Gasteiger partial charge in [0.2, 0.25) is 5.91 Å².